The maximum absolute atomic E-state index is 12.6. The quantitative estimate of drug-likeness (QED) is 0.0324. The number of carbonyl (C=O) groups is 1. The highest BCUT2D eigenvalue weighted by Crippen LogP contribution is 2.15. The number of amides is 1. The highest BCUT2D eigenvalue weighted by Gasteiger charge is 2.24. The Kier molecular flexibility index (Phi) is 41.1. The molecule has 3 N–H and O–H groups in total. The van der Waals surface area contributed by atoms with Crippen molar-refractivity contribution in [3.63, 3.8) is 0 Å². The van der Waals surface area contributed by atoms with E-state index < -0.39 is 28.0 Å². The molecule has 326 valence electrons. The van der Waals surface area contributed by atoms with E-state index in [1.165, 1.54) is 128 Å². The third-order valence-electron chi connectivity index (χ3n) is 10.4. The lowest BCUT2D eigenvalue weighted by atomic mass is 10.0. The van der Waals surface area contributed by atoms with Crippen molar-refractivity contribution in [2.45, 2.75) is 238 Å². The summed E-state index contributed by atoms with van der Waals surface area (Å²) in [6, 6.07) is -1.06. The van der Waals surface area contributed by atoms with Gasteiger partial charge in [0.15, 0.2) is 0 Å². The van der Waals surface area contributed by atoms with E-state index >= 15 is 0 Å². The number of hydrogen-bond donors (Lipinski definition) is 3. The van der Waals surface area contributed by atoms with Gasteiger partial charge in [0.05, 0.1) is 17.9 Å². The first-order valence-corrected chi connectivity index (χ1v) is 25.1. The number of aliphatic hydroxyl groups excluding tert-OH is 1. The van der Waals surface area contributed by atoms with Crippen molar-refractivity contribution in [2.75, 3.05) is 5.75 Å². The molecular weight excluding hydrogens is 715 g/mol. The van der Waals surface area contributed by atoms with Crippen molar-refractivity contribution in [1.29, 1.82) is 0 Å². The highest BCUT2D eigenvalue weighted by atomic mass is 32.2. The molecule has 2 atom stereocenters. The van der Waals surface area contributed by atoms with Gasteiger partial charge in [0.25, 0.3) is 10.1 Å². The van der Waals surface area contributed by atoms with Crippen molar-refractivity contribution < 1.29 is 22.9 Å². The summed E-state index contributed by atoms with van der Waals surface area (Å²) in [5.41, 5.74) is 0. The van der Waals surface area contributed by atoms with E-state index in [-0.39, 0.29) is 12.3 Å². The normalized spacial score (nSPS) is 13.7. The average Bonchev–Trinajstić information content (AvgIpc) is 3.16. The van der Waals surface area contributed by atoms with Crippen LogP contribution < -0.4 is 5.32 Å². The minimum atomic E-state index is -4.35. The molecule has 7 heteroatoms. The molecule has 2 unspecified atom stereocenters. The van der Waals surface area contributed by atoms with Gasteiger partial charge in [0, 0.05) is 6.42 Å². The Morgan fingerprint density at radius 3 is 1.27 bits per heavy atom. The van der Waals surface area contributed by atoms with Crippen LogP contribution >= 0.6 is 0 Å². The monoisotopic (exact) mass is 804 g/mol. The van der Waals surface area contributed by atoms with Gasteiger partial charge in [0.2, 0.25) is 5.91 Å². The second kappa shape index (κ2) is 42.6. The van der Waals surface area contributed by atoms with Crippen LogP contribution in [0.3, 0.4) is 0 Å². The number of nitrogens with one attached hydrogen (secondary N) is 1. The second-order valence-electron chi connectivity index (χ2n) is 16.0. The third kappa shape index (κ3) is 43.2. The average molecular weight is 804 g/mol. The molecule has 1 amide bonds. The number of aliphatic hydroxyl groups is 1. The van der Waals surface area contributed by atoms with Gasteiger partial charge >= 0.3 is 0 Å². The maximum Gasteiger partial charge on any atom is 0.267 e. The Balaban J connectivity index is 3.87. The van der Waals surface area contributed by atoms with Crippen molar-refractivity contribution in [1.82, 2.24) is 5.32 Å². The maximum atomic E-state index is 12.6. The molecule has 0 aromatic carbocycles. The van der Waals surface area contributed by atoms with Crippen molar-refractivity contribution in [3.8, 4) is 0 Å². The first kappa shape index (κ1) is 54.0. The van der Waals surface area contributed by atoms with Crippen LogP contribution in [0.15, 0.2) is 60.8 Å². The van der Waals surface area contributed by atoms with Crippen LogP contribution in [0, 0.1) is 0 Å². The first-order chi connectivity index (χ1) is 27.3. The van der Waals surface area contributed by atoms with Gasteiger partial charge in [-0.15, -0.1) is 0 Å². The van der Waals surface area contributed by atoms with E-state index in [4.69, 9.17) is 0 Å². The largest absolute Gasteiger partial charge is 0.387 e. The second-order valence-corrected chi connectivity index (χ2v) is 17.5. The van der Waals surface area contributed by atoms with Crippen LogP contribution in [0.5, 0.6) is 0 Å². The Hall–Kier alpha value is -1.96. The fourth-order valence-corrected chi connectivity index (χ4v) is 7.71. The Morgan fingerprint density at radius 2 is 0.857 bits per heavy atom. The van der Waals surface area contributed by atoms with Gasteiger partial charge in [-0.25, -0.2) is 0 Å². The molecule has 0 bridgehead atoms. The molecule has 0 saturated heterocycles. The van der Waals surface area contributed by atoms with Crippen LogP contribution in [0.2, 0.25) is 0 Å². The molecule has 6 nitrogen and oxygen atoms in total. The minimum absolute atomic E-state index is 0.284. The van der Waals surface area contributed by atoms with Gasteiger partial charge in [-0.2, -0.15) is 8.42 Å². The van der Waals surface area contributed by atoms with Crippen LogP contribution in [0.1, 0.15) is 226 Å². The molecule has 0 aliphatic rings. The smallest absolute Gasteiger partial charge is 0.267 e. The van der Waals surface area contributed by atoms with Crippen LogP contribution in [-0.2, 0) is 14.9 Å². The number of hydrogen-bond acceptors (Lipinski definition) is 4. The summed E-state index contributed by atoms with van der Waals surface area (Å²) in [5.74, 6) is -0.989. The van der Waals surface area contributed by atoms with Crippen molar-refractivity contribution in [2.24, 2.45) is 0 Å². The molecule has 0 aromatic heterocycles. The summed E-state index contributed by atoms with van der Waals surface area (Å²) in [7, 11) is -4.35. The SMILES string of the molecule is CC/C=C\C/C=C\C/C=C\C/C=C\CCCCCCCCCCC(=O)NC(CS(=O)(=O)O)C(O)/C=C/CCCCCCCCCCCCCCCCCCCC. The highest BCUT2D eigenvalue weighted by molar-refractivity contribution is 7.85. The molecule has 0 spiro atoms. The summed E-state index contributed by atoms with van der Waals surface area (Å²) in [4.78, 5) is 12.6. The van der Waals surface area contributed by atoms with Crippen molar-refractivity contribution in [3.05, 3.63) is 60.8 Å². The van der Waals surface area contributed by atoms with Gasteiger partial charge in [0.1, 0.15) is 0 Å². The summed E-state index contributed by atoms with van der Waals surface area (Å²) in [6.45, 7) is 4.43. The molecule has 0 heterocycles. The molecule has 56 heavy (non-hydrogen) atoms. The van der Waals surface area contributed by atoms with E-state index in [0.717, 1.165) is 77.0 Å². The summed E-state index contributed by atoms with van der Waals surface area (Å²) >= 11 is 0. The molecule has 0 radical (unpaired) electrons. The molecule has 0 aromatic rings. The van der Waals surface area contributed by atoms with E-state index in [0.29, 0.717) is 0 Å². The molecule has 0 aliphatic carbocycles. The van der Waals surface area contributed by atoms with Crippen LogP contribution in [-0.4, -0.2) is 41.9 Å². The molecule has 0 rings (SSSR count). The first-order valence-electron chi connectivity index (χ1n) is 23.5. The Labute approximate surface area is 347 Å². The number of allylic oxidation sites excluding steroid dienone is 9. The van der Waals surface area contributed by atoms with Gasteiger partial charge < -0.3 is 10.4 Å². The zero-order chi connectivity index (χ0) is 41.1. The lowest BCUT2D eigenvalue weighted by Gasteiger charge is -2.21. The molecule has 0 fully saturated rings. The van der Waals surface area contributed by atoms with E-state index in [2.05, 4.69) is 67.8 Å². The lowest BCUT2D eigenvalue weighted by Crippen LogP contribution is -2.46. The summed E-state index contributed by atoms with van der Waals surface area (Å²) in [5, 5.41) is 13.3. The van der Waals surface area contributed by atoms with E-state index in [1.54, 1.807) is 6.08 Å². The van der Waals surface area contributed by atoms with Gasteiger partial charge in [-0.1, -0.05) is 222 Å². The predicted octanol–water partition coefficient (Wildman–Crippen LogP) is 14.4. The van der Waals surface area contributed by atoms with E-state index in [9.17, 15) is 22.9 Å². The zero-order valence-electron chi connectivity index (χ0n) is 36.5. The van der Waals surface area contributed by atoms with Crippen molar-refractivity contribution >= 4 is 16.0 Å². The Morgan fingerprint density at radius 1 is 0.500 bits per heavy atom. The number of carbonyl (C=O) groups excluding carboxylic acids is 1. The fraction of sp³-hybridized carbons (Fsp3) is 0.776. The standard InChI is InChI=1S/C49H89NO5S/c1-3-5-7-9-11-13-15-17-19-21-23-25-27-29-31-33-35-37-39-41-43-45-49(52)50-47(46-56(53,54)55)48(51)44-42-40-38-36-34-32-30-28-26-24-22-20-18-16-14-12-10-8-6-4-2/h5,7,11,13,17,19,23,25,42,44,47-48,51H,3-4,6,8-10,12,14-16,18,20-22,24,26-41,43,45-46H2,1-2H3,(H,50,52)(H,53,54,55)/b7-5-,13-11-,19-17-,25-23-,44-42+. The van der Waals surface area contributed by atoms with Crippen LogP contribution in [0.4, 0.5) is 0 Å². The Bertz CT molecular complexity index is 1110. The summed E-state index contributed by atoms with van der Waals surface area (Å²) < 4.78 is 32.6. The fourth-order valence-electron chi connectivity index (χ4n) is 6.97. The zero-order valence-corrected chi connectivity index (χ0v) is 37.3. The predicted molar refractivity (Wildman–Crippen MR) is 244 cm³/mol. The summed E-state index contributed by atoms with van der Waals surface area (Å²) in [6.07, 6.45) is 59.2. The topological polar surface area (TPSA) is 104 Å². The molecular formula is C49H89NO5S. The number of unbranched alkanes of at least 4 members (excludes halogenated alkanes) is 26. The van der Waals surface area contributed by atoms with Gasteiger partial charge in [-0.05, 0) is 57.8 Å². The minimum Gasteiger partial charge on any atom is -0.387 e. The molecule has 0 aliphatic heterocycles. The van der Waals surface area contributed by atoms with E-state index in [1.807, 2.05) is 6.08 Å². The molecule has 0 saturated carbocycles. The lowest BCUT2D eigenvalue weighted by molar-refractivity contribution is -0.122. The van der Waals surface area contributed by atoms with Crippen LogP contribution in [0.25, 0.3) is 0 Å². The third-order valence-corrected chi connectivity index (χ3v) is 11.2. The van der Waals surface area contributed by atoms with Gasteiger partial charge in [-0.3, -0.25) is 9.35 Å². The number of rotatable bonds is 42.